The minimum absolute atomic E-state index is 0.169. The summed E-state index contributed by atoms with van der Waals surface area (Å²) in [5.74, 6) is 0. The first kappa shape index (κ1) is 8.52. The first-order valence-electron chi connectivity index (χ1n) is 5.31. The Bertz CT molecular complexity index is 146. The zero-order valence-corrected chi connectivity index (χ0v) is 7.81. The van der Waals surface area contributed by atoms with Crippen LogP contribution < -0.4 is 11.1 Å². The van der Waals surface area contributed by atoms with Gasteiger partial charge < -0.3 is 11.1 Å². The van der Waals surface area contributed by atoms with Gasteiger partial charge >= 0.3 is 0 Å². The van der Waals surface area contributed by atoms with Crippen LogP contribution in [0, 0.1) is 0 Å². The van der Waals surface area contributed by atoms with E-state index in [0.29, 0.717) is 0 Å². The standard InChI is InChI=1S/C10H20N2/c11-10(6-3-7-10)8-12-9-4-1-2-5-9/h9,12H,1-8,11H2. The summed E-state index contributed by atoms with van der Waals surface area (Å²) in [6, 6.07) is 0.783. The summed E-state index contributed by atoms with van der Waals surface area (Å²) in [7, 11) is 0. The lowest BCUT2D eigenvalue weighted by Crippen LogP contribution is -2.55. The molecule has 0 heterocycles. The molecule has 0 bridgehead atoms. The molecule has 12 heavy (non-hydrogen) atoms. The number of nitrogens with two attached hydrogens (primary N) is 1. The summed E-state index contributed by atoms with van der Waals surface area (Å²) in [4.78, 5) is 0. The van der Waals surface area contributed by atoms with Crippen molar-refractivity contribution >= 4 is 0 Å². The van der Waals surface area contributed by atoms with Crippen LogP contribution in [-0.4, -0.2) is 18.1 Å². The van der Waals surface area contributed by atoms with E-state index in [1.54, 1.807) is 0 Å². The first-order chi connectivity index (χ1) is 5.79. The van der Waals surface area contributed by atoms with Crippen LogP contribution in [0.2, 0.25) is 0 Å². The van der Waals surface area contributed by atoms with Crippen molar-refractivity contribution in [2.75, 3.05) is 6.54 Å². The van der Waals surface area contributed by atoms with Gasteiger partial charge in [-0.05, 0) is 32.1 Å². The monoisotopic (exact) mass is 168 g/mol. The molecular formula is C10H20N2. The van der Waals surface area contributed by atoms with Gasteiger partial charge in [0.25, 0.3) is 0 Å². The fourth-order valence-corrected chi connectivity index (χ4v) is 2.29. The zero-order valence-electron chi connectivity index (χ0n) is 7.81. The van der Waals surface area contributed by atoms with E-state index >= 15 is 0 Å². The molecule has 70 valence electrons. The van der Waals surface area contributed by atoms with E-state index in [1.807, 2.05) is 0 Å². The predicted molar refractivity (Wildman–Crippen MR) is 51.0 cm³/mol. The largest absolute Gasteiger partial charge is 0.324 e. The van der Waals surface area contributed by atoms with E-state index in [1.165, 1.54) is 44.9 Å². The lowest BCUT2D eigenvalue weighted by atomic mass is 9.77. The Morgan fingerprint density at radius 1 is 1.17 bits per heavy atom. The Morgan fingerprint density at radius 3 is 2.33 bits per heavy atom. The molecule has 0 amide bonds. The predicted octanol–water partition coefficient (Wildman–Crippen LogP) is 1.40. The number of hydrogen-bond donors (Lipinski definition) is 2. The number of nitrogens with one attached hydrogen (secondary N) is 1. The van der Waals surface area contributed by atoms with Crippen molar-refractivity contribution < 1.29 is 0 Å². The number of hydrogen-bond acceptors (Lipinski definition) is 2. The van der Waals surface area contributed by atoms with Crippen LogP contribution in [0.5, 0.6) is 0 Å². The second kappa shape index (κ2) is 3.35. The van der Waals surface area contributed by atoms with Crippen molar-refractivity contribution in [1.29, 1.82) is 0 Å². The molecule has 0 radical (unpaired) electrons. The van der Waals surface area contributed by atoms with Gasteiger partial charge in [0.2, 0.25) is 0 Å². The third-order valence-corrected chi connectivity index (χ3v) is 3.45. The van der Waals surface area contributed by atoms with Crippen LogP contribution >= 0.6 is 0 Å². The van der Waals surface area contributed by atoms with Gasteiger partial charge in [-0.1, -0.05) is 12.8 Å². The average Bonchev–Trinajstić information content (AvgIpc) is 2.49. The highest BCUT2D eigenvalue weighted by atomic mass is 15.0. The molecule has 0 aromatic rings. The van der Waals surface area contributed by atoms with E-state index in [0.717, 1.165) is 12.6 Å². The topological polar surface area (TPSA) is 38.0 Å². The molecule has 2 nitrogen and oxygen atoms in total. The summed E-state index contributed by atoms with van der Waals surface area (Å²) < 4.78 is 0. The Labute approximate surface area is 74.9 Å². The van der Waals surface area contributed by atoms with Crippen molar-refractivity contribution in [2.24, 2.45) is 5.73 Å². The van der Waals surface area contributed by atoms with Gasteiger partial charge in [-0.2, -0.15) is 0 Å². The van der Waals surface area contributed by atoms with Crippen molar-refractivity contribution in [2.45, 2.75) is 56.5 Å². The molecule has 0 unspecified atom stereocenters. The van der Waals surface area contributed by atoms with Crippen molar-refractivity contribution in [1.82, 2.24) is 5.32 Å². The number of rotatable bonds is 3. The van der Waals surface area contributed by atoms with Gasteiger partial charge in [0.05, 0.1) is 0 Å². The Kier molecular flexibility index (Phi) is 2.37. The molecule has 0 spiro atoms. The molecule has 0 atom stereocenters. The summed E-state index contributed by atoms with van der Waals surface area (Å²) in [5, 5.41) is 3.60. The lowest BCUT2D eigenvalue weighted by Gasteiger charge is -2.39. The summed E-state index contributed by atoms with van der Waals surface area (Å²) >= 11 is 0. The van der Waals surface area contributed by atoms with Crippen LogP contribution in [0.25, 0.3) is 0 Å². The Hall–Kier alpha value is -0.0800. The molecule has 3 N–H and O–H groups in total. The Balaban J connectivity index is 1.67. The highest BCUT2D eigenvalue weighted by Crippen LogP contribution is 2.29. The third kappa shape index (κ3) is 1.80. The van der Waals surface area contributed by atoms with E-state index < -0.39 is 0 Å². The summed E-state index contributed by atoms with van der Waals surface area (Å²) in [6.45, 7) is 1.05. The van der Waals surface area contributed by atoms with Gasteiger partial charge in [0.1, 0.15) is 0 Å². The maximum atomic E-state index is 6.12. The van der Waals surface area contributed by atoms with Crippen molar-refractivity contribution in [3.8, 4) is 0 Å². The fourth-order valence-electron chi connectivity index (χ4n) is 2.29. The van der Waals surface area contributed by atoms with Crippen LogP contribution in [0.1, 0.15) is 44.9 Å². The molecule has 2 aliphatic carbocycles. The molecule has 0 aromatic heterocycles. The highest BCUT2D eigenvalue weighted by molar-refractivity contribution is 4.95. The second-order valence-electron chi connectivity index (χ2n) is 4.58. The molecular weight excluding hydrogens is 148 g/mol. The highest BCUT2D eigenvalue weighted by Gasteiger charge is 2.32. The molecule has 0 aliphatic heterocycles. The summed E-state index contributed by atoms with van der Waals surface area (Å²) in [5.41, 5.74) is 6.29. The van der Waals surface area contributed by atoms with Crippen LogP contribution in [0.15, 0.2) is 0 Å². The molecule has 0 saturated heterocycles. The second-order valence-corrected chi connectivity index (χ2v) is 4.58. The third-order valence-electron chi connectivity index (χ3n) is 3.45. The molecule has 2 fully saturated rings. The van der Waals surface area contributed by atoms with Gasteiger partial charge in [-0.15, -0.1) is 0 Å². The van der Waals surface area contributed by atoms with Crippen LogP contribution in [0.3, 0.4) is 0 Å². The SMILES string of the molecule is NC1(CNC2CCCC2)CCC1. The van der Waals surface area contributed by atoms with Crippen LogP contribution in [0.4, 0.5) is 0 Å². The zero-order chi connectivity index (χ0) is 8.44. The molecule has 0 aromatic carbocycles. The van der Waals surface area contributed by atoms with E-state index in [2.05, 4.69) is 5.32 Å². The van der Waals surface area contributed by atoms with E-state index in [4.69, 9.17) is 5.73 Å². The normalized spacial score (nSPS) is 28.8. The van der Waals surface area contributed by atoms with Gasteiger partial charge in [0.15, 0.2) is 0 Å². The van der Waals surface area contributed by atoms with Gasteiger partial charge in [-0.3, -0.25) is 0 Å². The minimum Gasteiger partial charge on any atom is -0.324 e. The fraction of sp³-hybridized carbons (Fsp3) is 1.00. The lowest BCUT2D eigenvalue weighted by molar-refractivity contribution is 0.230. The van der Waals surface area contributed by atoms with E-state index in [9.17, 15) is 0 Å². The molecule has 2 heteroatoms. The first-order valence-corrected chi connectivity index (χ1v) is 5.31. The van der Waals surface area contributed by atoms with Crippen LogP contribution in [-0.2, 0) is 0 Å². The van der Waals surface area contributed by atoms with Gasteiger partial charge in [-0.25, -0.2) is 0 Å². The molecule has 2 saturated carbocycles. The smallest absolute Gasteiger partial charge is 0.0280 e. The Morgan fingerprint density at radius 2 is 1.83 bits per heavy atom. The maximum Gasteiger partial charge on any atom is 0.0280 e. The molecule has 2 rings (SSSR count). The molecule has 2 aliphatic rings. The maximum absolute atomic E-state index is 6.12. The quantitative estimate of drug-likeness (QED) is 0.668. The van der Waals surface area contributed by atoms with Gasteiger partial charge in [0, 0.05) is 18.1 Å². The van der Waals surface area contributed by atoms with Crippen molar-refractivity contribution in [3.63, 3.8) is 0 Å². The van der Waals surface area contributed by atoms with E-state index in [-0.39, 0.29) is 5.54 Å². The minimum atomic E-state index is 0.169. The summed E-state index contributed by atoms with van der Waals surface area (Å²) in [6.07, 6.45) is 9.36. The van der Waals surface area contributed by atoms with Crippen molar-refractivity contribution in [3.05, 3.63) is 0 Å². The average molecular weight is 168 g/mol.